The van der Waals surface area contributed by atoms with Crippen LogP contribution < -0.4 is 10.2 Å². The first-order valence-electron chi connectivity index (χ1n) is 9.16. The van der Waals surface area contributed by atoms with Gasteiger partial charge in [-0.15, -0.1) is 11.8 Å². The van der Waals surface area contributed by atoms with E-state index in [9.17, 15) is 0 Å². The average Bonchev–Trinajstić information content (AvgIpc) is 3.11. The predicted molar refractivity (Wildman–Crippen MR) is 112 cm³/mol. The molecule has 0 bridgehead atoms. The van der Waals surface area contributed by atoms with Crippen molar-refractivity contribution >= 4 is 34.8 Å². The number of rotatable bonds is 8. The van der Waals surface area contributed by atoms with Crippen molar-refractivity contribution in [3.8, 4) is 0 Å². The van der Waals surface area contributed by atoms with E-state index in [1.165, 1.54) is 36.9 Å². The zero-order chi connectivity index (χ0) is 17.4. The molecule has 0 amide bonds. The third-order valence-electron chi connectivity index (χ3n) is 4.47. The summed E-state index contributed by atoms with van der Waals surface area (Å²) in [5.74, 6) is 1.13. The molecule has 0 aromatic heterocycles. The standard InChI is InChI=1S/C19H31N3S2/c1-4-6-12-21(13-7-5-2)17-11-9-8-10-16(17)18-22(14-15-24-18)19(23)20-3/h8-11,18H,4-7,12-15H2,1-3H3,(H,20,23). The van der Waals surface area contributed by atoms with Gasteiger partial charge in [-0.1, -0.05) is 44.9 Å². The van der Waals surface area contributed by atoms with Gasteiger partial charge in [-0.2, -0.15) is 0 Å². The van der Waals surface area contributed by atoms with E-state index in [1.807, 2.05) is 18.8 Å². The zero-order valence-corrected chi connectivity index (χ0v) is 16.9. The van der Waals surface area contributed by atoms with Gasteiger partial charge in [0.25, 0.3) is 0 Å². The van der Waals surface area contributed by atoms with Gasteiger partial charge in [-0.05, 0) is 31.1 Å². The van der Waals surface area contributed by atoms with Gasteiger partial charge in [-0.3, -0.25) is 0 Å². The number of hydrogen-bond acceptors (Lipinski definition) is 3. The summed E-state index contributed by atoms with van der Waals surface area (Å²) < 4.78 is 0. The van der Waals surface area contributed by atoms with Crippen LogP contribution in [0.15, 0.2) is 24.3 Å². The van der Waals surface area contributed by atoms with E-state index in [-0.39, 0.29) is 0 Å². The van der Waals surface area contributed by atoms with E-state index in [4.69, 9.17) is 12.2 Å². The number of anilines is 1. The quantitative estimate of drug-likeness (QED) is 0.674. The maximum atomic E-state index is 5.53. The molecule has 0 saturated carbocycles. The van der Waals surface area contributed by atoms with Crippen LogP contribution in [0, 0.1) is 0 Å². The molecule has 0 spiro atoms. The topological polar surface area (TPSA) is 18.5 Å². The molecule has 1 aromatic carbocycles. The second kappa shape index (κ2) is 10.1. The Morgan fingerprint density at radius 2 is 1.92 bits per heavy atom. The molecule has 1 heterocycles. The van der Waals surface area contributed by atoms with Crippen molar-refractivity contribution < 1.29 is 0 Å². The fourth-order valence-corrected chi connectivity index (χ4v) is 4.67. The Hall–Kier alpha value is -0.940. The molecule has 0 radical (unpaired) electrons. The average molecular weight is 366 g/mol. The van der Waals surface area contributed by atoms with Crippen LogP contribution >= 0.6 is 24.0 Å². The molecule has 0 aliphatic carbocycles. The third kappa shape index (κ3) is 4.79. The van der Waals surface area contributed by atoms with Crippen molar-refractivity contribution in [2.75, 3.05) is 37.3 Å². The summed E-state index contributed by atoms with van der Waals surface area (Å²) in [6, 6.07) is 8.91. The minimum absolute atomic E-state index is 0.326. The fraction of sp³-hybridized carbons (Fsp3) is 0.632. The molecule has 3 nitrogen and oxygen atoms in total. The number of nitrogens with one attached hydrogen (secondary N) is 1. The monoisotopic (exact) mass is 365 g/mol. The van der Waals surface area contributed by atoms with Crippen LogP contribution in [0.4, 0.5) is 5.69 Å². The van der Waals surface area contributed by atoms with Gasteiger partial charge in [0.1, 0.15) is 5.37 Å². The molecular weight excluding hydrogens is 334 g/mol. The van der Waals surface area contributed by atoms with Gasteiger partial charge in [0.15, 0.2) is 5.11 Å². The summed E-state index contributed by atoms with van der Waals surface area (Å²) in [6.45, 7) is 7.84. The Morgan fingerprint density at radius 1 is 1.25 bits per heavy atom. The summed E-state index contributed by atoms with van der Waals surface area (Å²) >= 11 is 7.53. The largest absolute Gasteiger partial charge is 0.371 e. The minimum atomic E-state index is 0.326. The molecule has 1 aliphatic rings. The second-order valence-electron chi connectivity index (χ2n) is 6.22. The number of para-hydroxylation sites is 1. The Kier molecular flexibility index (Phi) is 8.19. The molecule has 2 rings (SSSR count). The summed E-state index contributed by atoms with van der Waals surface area (Å²) in [6.07, 6.45) is 4.96. The molecular formula is C19H31N3S2. The fourth-order valence-electron chi connectivity index (χ4n) is 3.11. The molecule has 1 aliphatic heterocycles. The van der Waals surface area contributed by atoms with E-state index >= 15 is 0 Å². The van der Waals surface area contributed by atoms with Crippen molar-refractivity contribution in [3.63, 3.8) is 0 Å². The predicted octanol–water partition coefficient (Wildman–Crippen LogP) is 4.64. The van der Waals surface area contributed by atoms with E-state index in [2.05, 4.69) is 53.2 Å². The number of thioether (sulfide) groups is 1. The lowest BCUT2D eigenvalue weighted by atomic mass is 10.1. The summed E-state index contributed by atoms with van der Waals surface area (Å²) in [7, 11) is 1.92. The molecule has 1 fully saturated rings. The van der Waals surface area contributed by atoms with E-state index in [1.54, 1.807) is 0 Å². The lowest BCUT2D eigenvalue weighted by molar-refractivity contribution is 0.445. The highest BCUT2D eigenvalue weighted by Crippen LogP contribution is 2.42. The normalized spacial score (nSPS) is 17.1. The van der Waals surface area contributed by atoms with Gasteiger partial charge in [0.05, 0.1) is 0 Å². The lowest BCUT2D eigenvalue weighted by Crippen LogP contribution is -2.37. The Labute approximate surface area is 157 Å². The van der Waals surface area contributed by atoms with E-state index < -0.39 is 0 Å². The minimum Gasteiger partial charge on any atom is -0.371 e. The van der Waals surface area contributed by atoms with E-state index in [0.717, 1.165) is 30.5 Å². The van der Waals surface area contributed by atoms with Crippen LogP contribution in [0.5, 0.6) is 0 Å². The number of hydrogen-bond donors (Lipinski definition) is 1. The van der Waals surface area contributed by atoms with Gasteiger partial charge in [-0.25, -0.2) is 0 Å². The number of thiocarbonyl (C=S) groups is 1. The number of benzene rings is 1. The lowest BCUT2D eigenvalue weighted by Gasteiger charge is -2.32. The summed E-state index contributed by atoms with van der Waals surface area (Å²) in [5.41, 5.74) is 2.80. The van der Waals surface area contributed by atoms with Crippen LogP contribution in [0.25, 0.3) is 0 Å². The first-order chi connectivity index (χ1) is 11.7. The highest BCUT2D eigenvalue weighted by Gasteiger charge is 2.30. The molecule has 1 aromatic rings. The first-order valence-corrected chi connectivity index (χ1v) is 10.6. The Morgan fingerprint density at radius 3 is 2.54 bits per heavy atom. The third-order valence-corrected chi connectivity index (χ3v) is 6.15. The van der Waals surface area contributed by atoms with Gasteiger partial charge < -0.3 is 15.1 Å². The van der Waals surface area contributed by atoms with Crippen molar-refractivity contribution in [3.05, 3.63) is 29.8 Å². The maximum Gasteiger partial charge on any atom is 0.169 e. The Balaban J connectivity index is 2.28. The maximum absolute atomic E-state index is 5.53. The van der Waals surface area contributed by atoms with Crippen LogP contribution in [-0.2, 0) is 0 Å². The molecule has 5 heteroatoms. The number of nitrogens with zero attached hydrogens (tertiary/aromatic N) is 2. The van der Waals surface area contributed by atoms with Crippen LogP contribution in [0.3, 0.4) is 0 Å². The SMILES string of the molecule is CCCCN(CCCC)c1ccccc1C1SCCN1C(=S)NC. The smallest absolute Gasteiger partial charge is 0.169 e. The number of unbranched alkanes of at least 4 members (excludes halogenated alkanes) is 2. The zero-order valence-electron chi connectivity index (χ0n) is 15.3. The van der Waals surface area contributed by atoms with Crippen molar-refractivity contribution in [1.29, 1.82) is 0 Å². The van der Waals surface area contributed by atoms with Gasteiger partial charge in [0, 0.05) is 43.7 Å². The van der Waals surface area contributed by atoms with Crippen molar-refractivity contribution in [1.82, 2.24) is 10.2 Å². The molecule has 134 valence electrons. The highest BCUT2D eigenvalue weighted by molar-refractivity contribution is 7.99. The molecule has 1 saturated heterocycles. The van der Waals surface area contributed by atoms with Crippen LogP contribution in [-0.4, -0.2) is 42.4 Å². The van der Waals surface area contributed by atoms with Gasteiger partial charge in [0.2, 0.25) is 0 Å². The van der Waals surface area contributed by atoms with Crippen LogP contribution in [0.1, 0.15) is 50.5 Å². The van der Waals surface area contributed by atoms with E-state index in [0.29, 0.717) is 5.37 Å². The highest BCUT2D eigenvalue weighted by atomic mass is 32.2. The molecule has 24 heavy (non-hydrogen) atoms. The van der Waals surface area contributed by atoms with Crippen molar-refractivity contribution in [2.24, 2.45) is 0 Å². The molecule has 1 unspecified atom stereocenters. The summed E-state index contributed by atoms with van der Waals surface area (Å²) in [4.78, 5) is 4.92. The van der Waals surface area contributed by atoms with Crippen molar-refractivity contribution in [2.45, 2.75) is 44.9 Å². The second-order valence-corrected chi connectivity index (χ2v) is 7.80. The van der Waals surface area contributed by atoms with Crippen LogP contribution in [0.2, 0.25) is 0 Å². The van der Waals surface area contributed by atoms with Gasteiger partial charge >= 0.3 is 0 Å². The Bertz CT molecular complexity index is 513. The molecule has 1 atom stereocenters. The first kappa shape index (κ1) is 19.4. The summed E-state index contributed by atoms with van der Waals surface area (Å²) in [5, 5.41) is 4.34. The molecule has 1 N–H and O–H groups in total.